The molecule has 2 aromatic rings. The molecular formula is C20H21NO6. The Labute approximate surface area is 155 Å². The van der Waals surface area contributed by atoms with Crippen LogP contribution >= 0.6 is 0 Å². The summed E-state index contributed by atoms with van der Waals surface area (Å²) in [4.78, 5) is 37.4. The maximum atomic E-state index is 12.6. The molecule has 7 nitrogen and oxygen atoms in total. The number of ether oxygens (including phenoxy) is 1. The minimum absolute atomic E-state index is 0.308. The van der Waals surface area contributed by atoms with Crippen LogP contribution in [0.1, 0.15) is 37.3 Å². The van der Waals surface area contributed by atoms with Crippen molar-refractivity contribution >= 4 is 22.8 Å². The summed E-state index contributed by atoms with van der Waals surface area (Å²) in [5.41, 5.74) is 1.94. The molecule has 2 heterocycles. The molecule has 0 saturated carbocycles. The lowest BCUT2D eigenvalue weighted by Gasteiger charge is -2.25. The standard InChI is InChI=1S/C20H21NO6/c1-11(18(22)21-9-3-6-16(21)19(23)24)26-12-7-8-14-13-4-2-5-15(13)20(25)27-17(14)10-12/h7-8,10-11,16H,2-6,9H2,1H3,(H,23,24). The summed E-state index contributed by atoms with van der Waals surface area (Å²) in [6, 6.07) is 4.44. The summed E-state index contributed by atoms with van der Waals surface area (Å²) >= 11 is 0. The van der Waals surface area contributed by atoms with E-state index in [9.17, 15) is 19.5 Å². The number of carbonyl (C=O) groups is 2. The van der Waals surface area contributed by atoms with E-state index in [-0.39, 0.29) is 11.5 Å². The van der Waals surface area contributed by atoms with E-state index in [4.69, 9.17) is 9.15 Å². The highest BCUT2D eigenvalue weighted by molar-refractivity contribution is 5.87. The highest BCUT2D eigenvalue weighted by Crippen LogP contribution is 2.30. The van der Waals surface area contributed by atoms with Crippen LogP contribution in [0.25, 0.3) is 11.0 Å². The summed E-state index contributed by atoms with van der Waals surface area (Å²) in [6.07, 6.45) is 2.85. The van der Waals surface area contributed by atoms with Crippen LogP contribution in [0.4, 0.5) is 0 Å². The van der Waals surface area contributed by atoms with Gasteiger partial charge in [0.25, 0.3) is 5.91 Å². The summed E-state index contributed by atoms with van der Waals surface area (Å²) in [6.45, 7) is 2.02. The zero-order chi connectivity index (χ0) is 19.1. The first kappa shape index (κ1) is 17.6. The Morgan fingerprint density at radius 2 is 2.04 bits per heavy atom. The molecule has 2 aliphatic rings. The molecule has 27 heavy (non-hydrogen) atoms. The molecule has 0 radical (unpaired) electrons. The van der Waals surface area contributed by atoms with Gasteiger partial charge in [-0.3, -0.25) is 4.79 Å². The lowest BCUT2D eigenvalue weighted by molar-refractivity contribution is -0.150. The molecule has 1 aliphatic carbocycles. The normalized spacial score (nSPS) is 19.9. The SMILES string of the molecule is CC(Oc1ccc2c3c(c(=O)oc2c1)CCC3)C(=O)N1CCCC1C(=O)O. The van der Waals surface area contributed by atoms with Gasteiger partial charge in [0.05, 0.1) is 0 Å². The van der Waals surface area contributed by atoms with Crippen LogP contribution in [0, 0.1) is 0 Å². The second-order valence-corrected chi connectivity index (χ2v) is 7.15. The van der Waals surface area contributed by atoms with Crippen molar-refractivity contribution in [3.63, 3.8) is 0 Å². The smallest absolute Gasteiger partial charge is 0.339 e. The van der Waals surface area contributed by atoms with Gasteiger partial charge in [-0.25, -0.2) is 9.59 Å². The number of aliphatic carboxylic acids is 1. The third-order valence-electron chi connectivity index (χ3n) is 5.43. The maximum Gasteiger partial charge on any atom is 0.339 e. The zero-order valence-corrected chi connectivity index (χ0v) is 15.1. The monoisotopic (exact) mass is 371 g/mol. The van der Waals surface area contributed by atoms with E-state index in [0.29, 0.717) is 30.7 Å². The van der Waals surface area contributed by atoms with Crippen molar-refractivity contribution in [2.24, 2.45) is 0 Å². The van der Waals surface area contributed by atoms with Crippen LogP contribution in [0.5, 0.6) is 5.75 Å². The Hall–Kier alpha value is -2.83. The van der Waals surface area contributed by atoms with Crippen LogP contribution in [0.15, 0.2) is 27.4 Å². The third kappa shape index (κ3) is 3.07. The van der Waals surface area contributed by atoms with Crippen LogP contribution in [0.3, 0.4) is 0 Å². The Bertz CT molecular complexity index is 978. The Morgan fingerprint density at radius 1 is 1.26 bits per heavy atom. The molecule has 1 amide bonds. The third-order valence-corrected chi connectivity index (χ3v) is 5.43. The highest BCUT2D eigenvalue weighted by atomic mass is 16.5. The fourth-order valence-corrected chi connectivity index (χ4v) is 4.11. The Kier molecular flexibility index (Phi) is 4.37. The second-order valence-electron chi connectivity index (χ2n) is 7.15. The first-order chi connectivity index (χ1) is 13.0. The minimum Gasteiger partial charge on any atom is -0.481 e. The highest BCUT2D eigenvalue weighted by Gasteiger charge is 2.36. The molecule has 7 heteroatoms. The van der Waals surface area contributed by atoms with Crippen molar-refractivity contribution in [3.05, 3.63) is 39.7 Å². The van der Waals surface area contributed by atoms with Crippen molar-refractivity contribution in [2.75, 3.05) is 6.54 Å². The lowest BCUT2D eigenvalue weighted by atomic mass is 10.1. The van der Waals surface area contributed by atoms with Crippen LogP contribution in [0.2, 0.25) is 0 Å². The zero-order valence-electron chi connectivity index (χ0n) is 15.1. The molecule has 1 saturated heterocycles. The Balaban J connectivity index is 1.56. The average Bonchev–Trinajstić information content (AvgIpc) is 3.30. The number of likely N-dealkylation sites (tertiary alicyclic amines) is 1. The van der Waals surface area contributed by atoms with E-state index in [1.807, 2.05) is 6.07 Å². The summed E-state index contributed by atoms with van der Waals surface area (Å²) in [5, 5.41) is 10.2. The van der Waals surface area contributed by atoms with Gasteiger partial charge in [0.1, 0.15) is 17.4 Å². The van der Waals surface area contributed by atoms with Gasteiger partial charge in [-0.15, -0.1) is 0 Å². The van der Waals surface area contributed by atoms with E-state index < -0.39 is 18.1 Å². The van der Waals surface area contributed by atoms with Gasteiger partial charge >= 0.3 is 11.6 Å². The summed E-state index contributed by atoms with van der Waals surface area (Å²) < 4.78 is 11.2. The van der Waals surface area contributed by atoms with E-state index in [2.05, 4.69) is 0 Å². The van der Waals surface area contributed by atoms with Crippen molar-refractivity contribution in [1.29, 1.82) is 0 Å². The molecule has 4 rings (SSSR count). The fraction of sp³-hybridized carbons (Fsp3) is 0.450. The van der Waals surface area contributed by atoms with Crippen molar-refractivity contribution in [3.8, 4) is 5.75 Å². The van der Waals surface area contributed by atoms with Crippen molar-refractivity contribution in [1.82, 2.24) is 4.90 Å². The van der Waals surface area contributed by atoms with Gasteiger partial charge in [-0.05, 0) is 56.7 Å². The number of benzene rings is 1. The van der Waals surface area contributed by atoms with E-state index >= 15 is 0 Å². The molecule has 1 N–H and O–H groups in total. The van der Waals surface area contributed by atoms with Gasteiger partial charge in [0, 0.05) is 23.6 Å². The van der Waals surface area contributed by atoms with Crippen LogP contribution in [-0.4, -0.2) is 40.6 Å². The number of carboxylic acids is 1. The molecule has 2 atom stereocenters. The largest absolute Gasteiger partial charge is 0.481 e. The quantitative estimate of drug-likeness (QED) is 0.827. The first-order valence-corrected chi connectivity index (χ1v) is 9.24. The molecule has 1 aromatic heterocycles. The van der Waals surface area contributed by atoms with Crippen molar-refractivity contribution < 1.29 is 23.8 Å². The average molecular weight is 371 g/mol. The lowest BCUT2D eigenvalue weighted by Crippen LogP contribution is -2.46. The van der Waals surface area contributed by atoms with Crippen molar-refractivity contribution in [2.45, 2.75) is 51.2 Å². The van der Waals surface area contributed by atoms with Gasteiger partial charge in [0.15, 0.2) is 6.10 Å². The molecule has 2 unspecified atom stereocenters. The molecule has 142 valence electrons. The molecule has 1 aromatic carbocycles. The number of hydrogen-bond acceptors (Lipinski definition) is 5. The van der Waals surface area contributed by atoms with Gasteiger partial charge in [0.2, 0.25) is 0 Å². The van der Waals surface area contributed by atoms with Crippen LogP contribution in [-0.2, 0) is 22.4 Å². The van der Waals surface area contributed by atoms with Gasteiger partial charge in [-0.1, -0.05) is 0 Å². The number of fused-ring (bicyclic) bond motifs is 3. The van der Waals surface area contributed by atoms with Gasteiger partial charge in [-0.2, -0.15) is 0 Å². The molecule has 1 aliphatic heterocycles. The molecule has 1 fully saturated rings. The minimum atomic E-state index is -0.991. The number of amides is 1. The number of carbonyl (C=O) groups excluding carboxylic acids is 1. The van der Waals surface area contributed by atoms with E-state index in [0.717, 1.165) is 35.8 Å². The number of aryl methyl sites for hydroxylation is 1. The second kappa shape index (κ2) is 6.72. The number of hydrogen-bond donors (Lipinski definition) is 1. The van der Waals surface area contributed by atoms with E-state index in [1.54, 1.807) is 19.1 Å². The number of nitrogens with zero attached hydrogens (tertiary/aromatic N) is 1. The van der Waals surface area contributed by atoms with Gasteiger partial charge < -0.3 is 19.2 Å². The van der Waals surface area contributed by atoms with E-state index in [1.165, 1.54) is 4.90 Å². The molecule has 0 bridgehead atoms. The number of carboxylic acid groups (broad SMARTS) is 1. The molecule has 0 spiro atoms. The summed E-state index contributed by atoms with van der Waals surface area (Å²) in [7, 11) is 0. The first-order valence-electron chi connectivity index (χ1n) is 9.24. The maximum absolute atomic E-state index is 12.6. The number of rotatable bonds is 4. The fourth-order valence-electron chi connectivity index (χ4n) is 4.11. The predicted molar refractivity (Wildman–Crippen MR) is 97.0 cm³/mol. The van der Waals surface area contributed by atoms with Crippen LogP contribution < -0.4 is 10.4 Å². The predicted octanol–water partition coefficient (Wildman–Crippen LogP) is 2.12. The topological polar surface area (TPSA) is 97.0 Å². The Morgan fingerprint density at radius 3 is 2.81 bits per heavy atom. The molecular weight excluding hydrogens is 350 g/mol. The summed E-state index contributed by atoms with van der Waals surface area (Å²) in [5.74, 6) is -0.930.